The first kappa shape index (κ1) is 26.7. The standard InChI is InChI=1S/C19H23NO3S.C7H7Cl2N/c1-15-3-2-13-20(15)14-12-16-4-6-17(7-5-16)18-8-10-19(11-9-18)24(21,22)23;8-6-1-5(4-10)2-7(9)3-6/h4-11,15H,2-3,12-14H2,1H3,(H,21,22,23);1-3H,4,10H2. The lowest BCUT2D eigenvalue weighted by atomic mass is 10.0. The Morgan fingerprint density at radius 2 is 1.50 bits per heavy atom. The van der Waals surface area contributed by atoms with Crippen molar-refractivity contribution in [2.75, 3.05) is 13.1 Å². The van der Waals surface area contributed by atoms with Crippen molar-refractivity contribution in [2.45, 2.75) is 43.7 Å². The van der Waals surface area contributed by atoms with Gasteiger partial charge in [-0.15, -0.1) is 0 Å². The number of nitrogens with two attached hydrogens (primary N) is 1. The van der Waals surface area contributed by atoms with Gasteiger partial charge in [-0.05, 0) is 85.3 Å². The fraction of sp³-hybridized carbons (Fsp3) is 0.308. The molecule has 1 aliphatic heterocycles. The summed E-state index contributed by atoms with van der Waals surface area (Å²) >= 11 is 11.4. The molecule has 0 radical (unpaired) electrons. The Morgan fingerprint density at radius 1 is 0.941 bits per heavy atom. The van der Waals surface area contributed by atoms with Crippen LogP contribution in [0.15, 0.2) is 71.6 Å². The van der Waals surface area contributed by atoms with Gasteiger partial charge in [0.15, 0.2) is 0 Å². The van der Waals surface area contributed by atoms with Gasteiger partial charge in [-0.25, -0.2) is 0 Å². The molecular formula is C26H30Cl2N2O3S. The van der Waals surface area contributed by atoms with Crippen LogP contribution >= 0.6 is 23.2 Å². The topological polar surface area (TPSA) is 83.6 Å². The van der Waals surface area contributed by atoms with E-state index < -0.39 is 10.1 Å². The van der Waals surface area contributed by atoms with E-state index in [0.29, 0.717) is 22.6 Å². The molecule has 4 rings (SSSR count). The molecule has 1 saturated heterocycles. The highest BCUT2D eigenvalue weighted by Gasteiger charge is 2.19. The maximum atomic E-state index is 11.1. The van der Waals surface area contributed by atoms with Crippen LogP contribution in [0.5, 0.6) is 0 Å². The molecule has 0 spiro atoms. The van der Waals surface area contributed by atoms with E-state index in [-0.39, 0.29) is 4.90 Å². The van der Waals surface area contributed by atoms with Crippen LogP contribution in [-0.4, -0.2) is 37.0 Å². The lowest BCUT2D eigenvalue weighted by Crippen LogP contribution is -2.28. The van der Waals surface area contributed by atoms with Crippen LogP contribution in [0, 0.1) is 0 Å². The molecule has 3 aromatic carbocycles. The zero-order chi connectivity index (χ0) is 24.7. The van der Waals surface area contributed by atoms with Gasteiger partial charge >= 0.3 is 0 Å². The second-order valence-electron chi connectivity index (χ2n) is 8.46. The van der Waals surface area contributed by atoms with Gasteiger partial charge in [0.05, 0.1) is 4.90 Å². The van der Waals surface area contributed by atoms with E-state index in [2.05, 4.69) is 36.1 Å². The van der Waals surface area contributed by atoms with Gasteiger partial charge in [0.25, 0.3) is 10.1 Å². The van der Waals surface area contributed by atoms with E-state index in [1.54, 1.807) is 30.3 Å². The summed E-state index contributed by atoms with van der Waals surface area (Å²) in [7, 11) is -4.13. The third-order valence-corrected chi connectivity index (χ3v) is 7.28. The van der Waals surface area contributed by atoms with Crippen LogP contribution in [-0.2, 0) is 23.1 Å². The molecule has 182 valence electrons. The largest absolute Gasteiger partial charge is 0.326 e. The molecule has 0 amide bonds. The van der Waals surface area contributed by atoms with Gasteiger partial charge in [0, 0.05) is 29.2 Å². The third-order valence-electron chi connectivity index (χ3n) is 5.98. The predicted molar refractivity (Wildman–Crippen MR) is 140 cm³/mol. The first-order chi connectivity index (χ1) is 16.2. The minimum atomic E-state index is -4.13. The normalized spacial score (nSPS) is 16.2. The molecule has 1 heterocycles. The second kappa shape index (κ2) is 12.2. The molecule has 5 nitrogen and oxygen atoms in total. The van der Waals surface area contributed by atoms with Gasteiger partial charge < -0.3 is 10.6 Å². The number of rotatable bonds is 6. The molecule has 1 fully saturated rings. The number of hydrogen-bond acceptors (Lipinski definition) is 4. The van der Waals surface area contributed by atoms with Crippen LogP contribution in [0.4, 0.5) is 0 Å². The zero-order valence-corrected chi connectivity index (χ0v) is 21.5. The summed E-state index contributed by atoms with van der Waals surface area (Å²) in [5.41, 5.74) is 9.61. The van der Waals surface area contributed by atoms with Gasteiger partial charge in [-0.1, -0.05) is 59.6 Å². The number of nitrogens with zero attached hydrogens (tertiary/aromatic N) is 1. The summed E-state index contributed by atoms with van der Waals surface area (Å²) < 4.78 is 31.2. The minimum absolute atomic E-state index is 0.0809. The summed E-state index contributed by atoms with van der Waals surface area (Å²) in [5, 5.41) is 1.26. The Bertz CT molecular complexity index is 1160. The van der Waals surface area contributed by atoms with Gasteiger partial charge in [-0.3, -0.25) is 4.55 Å². The highest BCUT2D eigenvalue weighted by atomic mass is 35.5. The molecule has 0 aliphatic carbocycles. The first-order valence-electron chi connectivity index (χ1n) is 11.2. The first-order valence-corrected chi connectivity index (χ1v) is 13.4. The third kappa shape index (κ3) is 7.80. The Kier molecular flexibility index (Phi) is 9.54. The van der Waals surface area contributed by atoms with Crippen LogP contribution in [0.1, 0.15) is 30.9 Å². The number of hydrogen-bond donors (Lipinski definition) is 2. The lowest BCUT2D eigenvalue weighted by Gasteiger charge is -2.20. The maximum absolute atomic E-state index is 11.1. The monoisotopic (exact) mass is 520 g/mol. The van der Waals surface area contributed by atoms with Gasteiger partial charge in [-0.2, -0.15) is 8.42 Å². The number of likely N-dealkylation sites (tertiary alicyclic amines) is 1. The van der Waals surface area contributed by atoms with Crippen LogP contribution in [0.3, 0.4) is 0 Å². The fourth-order valence-corrected chi connectivity index (χ4v) is 5.06. The average molecular weight is 522 g/mol. The summed E-state index contributed by atoms with van der Waals surface area (Å²) in [4.78, 5) is 2.46. The summed E-state index contributed by atoms with van der Waals surface area (Å²) in [6.07, 6.45) is 3.66. The van der Waals surface area contributed by atoms with Crippen LogP contribution < -0.4 is 5.73 Å². The maximum Gasteiger partial charge on any atom is 0.294 e. The van der Waals surface area contributed by atoms with Crippen molar-refractivity contribution in [3.63, 3.8) is 0 Å². The second-order valence-corrected chi connectivity index (χ2v) is 10.7. The molecule has 0 saturated carbocycles. The van der Waals surface area contributed by atoms with E-state index in [1.807, 2.05) is 0 Å². The van der Waals surface area contributed by atoms with Crippen LogP contribution in [0.25, 0.3) is 11.1 Å². The molecule has 0 aromatic heterocycles. The smallest absolute Gasteiger partial charge is 0.294 e. The van der Waals surface area contributed by atoms with Crippen molar-refractivity contribution in [3.8, 4) is 11.1 Å². The quantitative estimate of drug-likeness (QED) is 0.384. The van der Waals surface area contributed by atoms with Crippen molar-refractivity contribution >= 4 is 33.3 Å². The van der Waals surface area contributed by atoms with Crippen LogP contribution in [0.2, 0.25) is 10.0 Å². The minimum Gasteiger partial charge on any atom is -0.326 e. The van der Waals surface area contributed by atoms with Gasteiger partial charge in [0.1, 0.15) is 0 Å². The summed E-state index contributed by atoms with van der Waals surface area (Å²) in [6, 6.07) is 20.6. The highest BCUT2D eigenvalue weighted by Crippen LogP contribution is 2.23. The zero-order valence-electron chi connectivity index (χ0n) is 19.1. The molecular weight excluding hydrogens is 491 g/mol. The van der Waals surface area contributed by atoms with Crippen molar-refractivity contribution in [1.29, 1.82) is 0 Å². The number of halogens is 2. The van der Waals surface area contributed by atoms with Crippen molar-refractivity contribution in [2.24, 2.45) is 5.73 Å². The molecule has 1 unspecified atom stereocenters. The van der Waals surface area contributed by atoms with E-state index in [1.165, 1.54) is 37.1 Å². The van der Waals surface area contributed by atoms with Gasteiger partial charge in [0.2, 0.25) is 0 Å². The molecule has 3 N–H and O–H groups in total. The van der Waals surface area contributed by atoms with Crippen molar-refractivity contribution in [3.05, 3.63) is 87.9 Å². The lowest BCUT2D eigenvalue weighted by molar-refractivity contribution is 0.272. The van der Waals surface area contributed by atoms with Crippen molar-refractivity contribution in [1.82, 2.24) is 4.90 Å². The SMILES string of the molecule is CC1CCCN1CCc1ccc(-c2ccc(S(=O)(=O)O)cc2)cc1.NCc1cc(Cl)cc(Cl)c1. The molecule has 1 aliphatic rings. The Hall–Kier alpha value is -1.93. The van der Waals surface area contributed by atoms with E-state index >= 15 is 0 Å². The number of benzene rings is 3. The summed E-state index contributed by atoms with van der Waals surface area (Å²) in [5.74, 6) is 0. The molecule has 0 bridgehead atoms. The van der Waals surface area contributed by atoms with E-state index in [0.717, 1.165) is 29.7 Å². The molecule has 34 heavy (non-hydrogen) atoms. The molecule has 8 heteroatoms. The van der Waals surface area contributed by atoms with E-state index in [9.17, 15) is 8.42 Å². The van der Waals surface area contributed by atoms with Crippen molar-refractivity contribution < 1.29 is 13.0 Å². The predicted octanol–water partition coefficient (Wildman–Crippen LogP) is 6.08. The molecule has 1 atom stereocenters. The fourth-order valence-electron chi connectivity index (χ4n) is 4.01. The Labute approximate surface area is 212 Å². The highest BCUT2D eigenvalue weighted by molar-refractivity contribution is 7.85. The average Bonchev–Trinajstić information content (AvgIpc) is 3.22. The summed E-state index contributed by atoms with van der Waals surface area (Å²) in [6.45, 7) is 5.08. The van der Waals surface area contributed by atoms with E-state index in [4.69, 9.17) is 33.5 Å². The Morgan fingerprint density at radius 3 is 1.97 bits per heavy atom. The molecule has 3 aromatic rings. The Balaban J connectivity index is 0.000000271.